The van der Waals surface area contributed by atoms with Crippen LogP contribution in [0.4, 0.5) is 0 Å². The molecule has 88 valence electrons. The minimum absolute atomic E-state index is 0.0839. The molecule has 2 heteroatoms. The van der Waals surface area contributed by atoms with Gasteiger partial charge in [-0.1, -0.05) is 12.8 Å². The predicted molar refractivity (Wildman–Crippen MR) is 61.6 cm³/mol. The topological polar surface area (TPSA) is 26.3 Å². The lowest BCUT2D eigenvalue weighted by Gasteiger charge is -2.34. The van der Waals surface area contributed by atoms with Gasteiger partial charge in [0.2, 0.25) is 0 Å². The Kier molecular flexibility index (Phi) is 3.47. The van der Waals surface area contributed by atoms with Gasteiger partial charge >= 0.3 is 5.97 Å². The lowest BCUT2D eigenvalue weighted by Crippen LogP contribution is -2.39. The van der Waals surface area contributed by atoms with Crippen LogP contribution >= 0.6 is 0 Å². The minimum Gasteiger partial charge on any atom is -0.459 e. The van der Waals surface area contributed by atoms with Crippen molar-refractivity contribution >= 4 is 5.97 Å². The largest absolute Gasteiger partial charge is 0.459 e. The third kappa shape index (κ3) is 3.22. The molecule has 0 radical (unpaired) electrons. The van der Waals surface area contributed by atoms with E-state index in [4.69, 9.17) is 4.74 Å². The minimum atomic E-state index is -0.393. The quantitative estimate of drug-likeness (QED) is 0.654. The number of ether oxygens (including phenoxy) is 1. The highest BCUT2D eigenvalue weighted by Gasteiger charge is 2.37. The maximum absolute atomic E-state index is 11.8. The molecule has 2 nitrogen and oxygen atoms in total. The molecule has 0 aromatic heterocycles. The number of carbonyl (C=O) groups excluding carboxylic acids is 1. The van der Waals surface area contributed by atoms with E-state index in [-0.39, 0.29) is 11.6 Å². The fraction of sp³-hybridized carbons (Fsp3) is 0.923. The van der Waals surface area contributed by atoms with Gasteiger partial charge in [-0.15, -0.1) is 0 Å². The van der Waals surface area contributed by atoms with Crippen molar-refractivity contribution in [3.8, 4) is 0 Å². The summed E-state index contributed by atoms with van der Waals surface area (Å²) >= 11 is 0. The number of esters is 1. The summed E-state index contributed by atoms with van der Waals surface area (Å²) in [5, 5.41) is 0. The zero-order valence-electron chi connectivity index (χ0n) is 10.7. The first kappa shape index (κ1) is 12.5. The van der Waals surface area contributed by atoms with Gasteiger partial charge in [0.15, 0.2) is 0 Å². The van der Waals surface area contributed by atoms with E-state index in [9.17, 15) is 4.79 Å². The van der Waals surface area contributed by atoms with Crippen molar-refractivity contribution in [2.45, 2.75) is 65.9 Å². The highest BCUT2D eigenvalue weighted by atomic mass is 16.6. The molecule has 0 heterocycles. The molecule has 15 heavy (non-hydrogen) atoms. The fourth-order valence-electron chi connectivity index (χ4n) is 2.10. The molecule has 0 unspecified atom stereocenters. The Labute approximate surface area is 93.4 Å². The van der Waals surface area contributed by atoms with Crippen molar-refractivity contribution in [1.29, 1.82) is 0 Å². The smallest absolute Gasteiger partial charge is 0.311 e. The van der Waals surface area contributed by atoms with Gasteiger partial charge in [0.1, 0.15) is 5.60 Å². The van der Waals surface area contributed by atoms with E-state index in [2.05, 4.69) is 0 Å². The molecule has 0 N–H and O–H groups in total. The molecule has 0 aliphatic heterocycles. The van der Waals surface area contributed by atoms with Crippen molar-refractivity contribution in [2.24, 2.45) is 11.3 Å². The van der Waals surface area contributed by atoms with Crippen molar-refractivity contribution < 1.29 is 9.53 Å². The molecule has 0 aromatic carbocycles. The third-order valence-corrected chi connectivity index (χ3v) is 3.31. The Bertz CT molecular complexity index is 229. The van der Waals surface area contributed by atoms with Gasteiger partial charge in [0.05, 0.1) is 5.41 Å². The molecule has 1 fully saturated rings. The Hall–Kier alpha value is -0.530. The van der Waals surface area contributed by atoms with E-state index in [0.29, 0.717) is 5.92 Å². The molecule has 0 bridgehead atoms. The van der Waals surface area contributed by atoms with Gasteiger partial charge in [-0.2, -0.15) is 0 Å². The van der Waals surface area contributed by atoms with Crippen LogP contribution in [0.3, 0.4) is 0 Å². The molecular weight excluding hydrogens is 188 g/mol. The van der Waals surface area contributed by atoms with Crippen molar-refractivity contribution in [1.82, 2.24) is 0 Å². The highest BCUT2D eigenvalue weighted by molar-refractivity contribution is 5.75. The molecule has 0 amide bonds. The maximum Gasteiger partial charge on any atom is 0.311 e. The first-order chi connectivity index (χ1) is 6.73. The zero-order valence-corrected chi connectivity index (χ0v) is 10.7. The normalized spacial score (nSPS) is 19.3. The molecule has 1 aliphatic rings. The number of carbonyl (C=O) groups is 1. The van der Waals surface area contributed by atoms with Gasteiger partial charge in [0, 0.05) is 0 Å². The van der Waals surface area contributed by atoms with Crippen molar-refractivity contribution in [2.75, 3.05) is 0 Å². The average Bonchev–Trinajstić information content (AvgIpc) is 2.52. The van der Waals surface area contributed by atoms with E-state index < -0.39 is 5.41 Å². The van der Waals surface area contributed by atoms with Gasteiger partial charge in [-0.05, 0) is 53.4 Å². The Balaban J connectivity index is 2.59. The van der Waals surface area contributed by atoms with Crippen LogP contribution in [0.2, 0.25) is 0 Å². The monoisotopic (exact) mass is 212 g/mol. The summed E-state index contributed by atoms with van der Waals surface area (Å²) in [6.45, 7) is 9.80. The first-order valence-electron chi connectivity index (χ1n) is 5.97. The average molecular weight is 212 g/mol. The number of rotatable bonds is 2. The Morgan fingerprint density at radius 3 is 1.93 bits per heavy atom. The highest BCUT2D eigenvalue weighted by Crippen LogP contribution is 2.37. The van der Waals surface area contributed by atoms with Crippen LogP contribution in [-0.2, 0) is 9.53 Å². The summed E-state index contributed by atoms with van der Waals surface area (Å²) in [6, 6.07) is 0. The molecule has 0 aromatic rings. The summed E-state index contributed by atoms with van der Waals surface area (Å²) in [7, 11) is 0. The molecule has 1 aliphatic carbocycles. The predicted octanol–water partition coefficient (Wildman–Crippen LogP) is 3.54. The van der Waals surface area contributed by atoms with E-state index >= 15 is 0 Å². The van der Waals surface area contributed by atoms with E-state index in [1.165, 1.54) is 25.7 Å². The van der Waals surface area contributed by atoms with Crippen molar-refractivity contribution in [3.05, 3.63) is 0 Å². The van der Waals surface area contributed by atoms with E-state index in [0.717, 1.165) is 0 Å². The molecule has 0 spiro atoms. The first-order valence-corrected chi connectivity index (χ1v) is 5.97. The second kappa shape index (κ2) is 4.15. The Morgan fingerprint density at radius 2 is 1.53 bits per heavy atom. The van der Waals surface area contributed by atoms with Gasteiger partial charge in [-0.3, -0.25) is 4.79 Å². The molecule has 0 saturated heterocycles. The second-order valence-corrected chi connectivity index (χ2v) is 6.22. The lowest BCUT2D eigenvalue weighted by atomic mass is 9.88. The molecule has 0 atom stereocenters. The number of hydrogen-bond donors (Lipinski definition) is 0. The van der Waals surface area contributed by atoms with Crippen LogP contribution in [0.1, 0.15) is 60.3 Å². The van der Waals surface area contributed by atoms with Gasteiger partial charge < -0.3 is 4.74 Å². The van der Waals surface area contributed by atoms with E-state index in [1.54, 1.807) is 0 Å². The van der Waals surface area contributed by atoms with Crippen LogP contribution < -0.4 is 0 Å². The standard InChI is InChI=1S/C13H24O2/c1-12(2,3)11(14)15-13(4,5)10-8-6-7-9-10/h10H,6-9H2,1-5H3. The van der Waals surface area contributed by atoms with Crippen molar-refractivity contribution in [3.63, 3.8) is 0 Å². The van der Waals surface area contributed by atoms with Crippen LogP contribution in [-0.4, -0.2) is 11.6 Å². The number of hydrogen-bond acceptors (Lipinski definition) is 2. The van der Waals surface area contributed by atoms with Gasteiger partial charge in [0.25, 0.3) is 0 Å². The molecule has 1 rings (SSSR count). The summed E-state index contributed by atoms with van der Waals surface area (Å²) in [4.78, 5) is 11.8. The zero-order chi connectivity index (χ0) is 11.7. The summed E-state index contributed by atoms with van der Waals surface area (Å²) in [5.74, 6) is 0.461. The van der Waals surface area contributed by atoms with Crippen LogP contribution in [0, 0.1) is 11.3 Å². The summed E-state index contributed by atoms with van der Waals surface area (Å²) in [6.07, 6.45) is 4.96. The molecular formula is C13H24O2. The van der Waals surface area contributed by atoms with Gasteiger partial charge in [-0.25, -0.2) is 0 Å². The second-order valence-electron chi connectivity index (χ2n) is 6.22. The van der Waals surface area contributed by atoms with E-state index in [1.807, 2.05) is 34.6 Å². The van der Waals surface area contributed by atoms with Crippen LogP contribution in [0.5, 0.6) is 0 Å². The molecule has 1 saturated carbocycles. The lowest BCUT2D eigenvalue weighted by molar-refractivity contribution is -0.171. The van der Waals surface area contributed by atoms with Crippen LogP contribution in [0.15, 0.2) is 0 Å². The SMILES string of the molecule is CC(C)(C)C(=O)OC(C)(C)C1CCCC1. The summed E-state index contributed by atoms with van der Waals surface area (Å²) in [5.41, 5.74) is -0.684. The van der Waals surface area contributed by atoms with Crippen LogP contribution in [0.25, 0.3) is 0 Å². The fourth-order valence-corrected chi connectivity index (χ4v) is 2.10. The Morgan fingerprint density at radius 1 is 1.07 bits per heavy atom. The summed E-state index contributed by atoms with van der Waals surface area (Å²) < 4.78 is 5.65. The third-order valence-electron chi connectivity index (χ3n) is 3.31. The maximum atomic E-state index is 11.8.